The van der Waals surface area contributed by atoms with Gasteiger partial charge in [-0.1, -0.05) is 12.1 Å². The highest BCUT2D eigenvalue weighted by atomic mass is 16.6. The summed E-state index contributed by atoms with van der Waals surface area (Å²) in [5, 5.41) is 13.7. The van der Waals surface area contributed by atoms with Gasteiger partial charge in [0.15, 0.2) is 0 Å². The Morgan fingerprint density at radius 2 is 1.67 bits per heavy atom. The SMILES string of the molecule is Nc1ccc(CNc2ccc([N+](=O)[O-])cc2)cc1. The molecule has 2 aromatic carbocycles. The Morgan fingerprint density at radius 3 is 2.22 bits per heavy atom. The van der Waals surface area contributed by atoms with E-state index in [0.29, 0.717) is 6.54 Å². The molecule has 0 unspecified atom stereocenters. The lowest BCUT2D eigenvalue weighted by Crippen LogP contribution is -1.99. The number of nitrogens with zero attached hydrogens (tertiary/aromatic N) is 1. The summed E-state index contributed by atoms with van der Waals surface area (Å²) in [6, 6.07) is 13.9. The van der Waals surface area contributed by atoms with Crippen LogP contribution in [-0.2, 0) is 6.54 Å². The molecule has 0 aromatic heterocycles. The van der Waals surface area contributed by atoms with Gasteiger partial charge in [-0.2, -0.15) is 0 Å². The maximum Gasteiger partial charge on any atom is 0.269 e. The summed E-state index contributed by atoms with van der Waals surface area (Å²) < 4.78 is 0. The van der Waals surface area contributed by atoms with E-state index in [9.17, 15) is 10.1 Å². The smallest absolute Gasteiger partial charge is 0.269 e. The van der Waals surface area contributed by atoms with Crippen molar-refractivity contribution in [3.8, 4) is 0 Å². The minimum atomic E-state index is -0.413. The van der Waals surface area contributed by atoms with Crippen LogP contribution < -0.4 is 11.1 Å². The highest BCUT2D eigenvalue weighted by Crippen LogP contribution is 2.16. The number of anilines is 2. The second-order valence-electron chi connectivity index (χ2n) is 3.90. The van der Waals surface area contributed by atoms with Gasteiger partial charge in [0.05, 0.1) is 4.92 Å². The van der Waals surface area contributed by atoms with E-state index in [2.05, 4.69) is 5.32 Å². The van der Waals surface area contributed by atoms with Crippen LogP contribution in [0.25, 0.3) is 0 Å². The molecule has 2 aromatic rings. The number of nitrogen functional groups attached to an aromatic ring is 1. The first kappa shape index (κ1) is 11.9. The maximum atomic E-state index is 10.5. The molecule has 3 N–H and O–H groups in total. The van der Waals surface area contributed by atoms with Crippen molar-refractivity contribution < 1.29 is 4.92 Å². The molecule has 0 saturated heterocycles. The summed E-state index contributed by atoms with van der Waals surface area (Å²) in [6.07, 6.45) is 0. The Kier molecular flexibility index (Phi) is 3.43. The van der Waals surface area contributed by atoms with Crippen LogP contribution in [0.2, 0.25) is 0 Å². The van der Waals surface area contributed by atoms with Gasteiger partial charge in [0.2, 0.25) is 0 Å². The molecule has 0 spiro atoms. The standard InChI is InChI=1S/C13H13N3O2/c14-11-3-1-10(2-4-11)9-15-12-5-7-13(8-6-12)16(17)18/h1-8,15H,9,14H2. The van der Waals surface area contributed by atoms with Gasteiger partial charge >= 0.3 is 0 Å². The molecular weight excluding hydrogens is 230 g/mol. The molecular formula is C13H13N3O2. The van der Waals surface area contributed by atoms with Crippen molar-refractivity contribution in [1.82, 2.24) is 0 Å². The van der Waals surface area contributed by atoms with Crippen molar-refractivity contribution in [3.05, 3.63) is 64.2 Å². The van der Waals surface area contributed by atoms with E-state index in [1.165, 1.54) is 12.1 Å². The average Bonchev–Trinajstić information content (AvgIpc) is 2.38. The first-order chi connectivity index (χ1) is 8.65. The van der Waals surface area contributed by atoms with Crippen molar-refractivity contribution in [3.63, 3.8) is 0 Å². The van der Waals surface area contributed by atoms with Gasteiger partial charge in [0.1, 0.15) is 0 Å². The number of benzene rings is 2. The molecule has 0 aliphatic rings. The van der Waals surface area contributed by atoms with Crippen LogP contribution in [0, 0.1) is 10.1 Å². The summed E-state index contributed by atoms with van der Waals surface area (Å²) in [5.41, 5.74) is 8.36. The molecule has 0 radical (unpaired) electrons. The number of hydrogen-bond donors (Lipinski definition) is 2. The summed E-state index contributed by atoms with van der Waals surface area (Å²) in [5.74, 6) is 0. The van der Waals surface area contributed by atoms with E-state index in [0.717, 1.165) is 16.9 Å². The number of non-ortho nitro benzene ring substituents is 1. The van der Waals surface area contributed by atoms with Gasteiger partial charge in [-0.25, -0.2) is 0 Å². The maximum absolute atomic E-state index is 10.5. The lowest BCUT2D eigenvalue weighted by Gasteiger charge is -2.06. The zero-order valence-corrected chi connectivity index (χ0v) is 9.67. The molecule has 0 atom stereocenters. The van der Waals surface area contributed by atoms with E-state index in [1.807, 2.05) is 24.3 Å². The fourth-order valence-electron chi connectivity index (χ4n) is 1.54. The number of rotatable bonds is 4. The second-order valence-corrected chi connectivity index (χ2v) is 3.90. The van der Waals surface area contributed by atoms with Gasteiger partial charge in [-0.05, 0) is 29.8 Å². The van der Waals surface area contributed by atoms with Crippen LogP contribution in [0.1, 0.15) is 5.56 Å². The summed E-state index contributed by atoms with van der Waals surface area (Å²) >= 11 is 0. The summed E-state index contributed by atoms with van der Waals surface area (Å²) in [6.45, 7) is 0.651. The highest BCUT2D eigenvalue weighted by molar-refractivity contribution is 5.49. The van der Waals surface area contributed by atoms with Crippen LogP contribution in [0.5, 0.6) is 0 Å². The monoisotopic (exact) mass is 243 g/mol. The number of nitro benzene ring substituents is 1. The van der Waals surface area contributed by atoms with Crippen LogP contribution in [0.4, 0.5) is 17.1 Å². The van der Waals surface area contributed by atoms with Crippen molar-refractivity contribution in [2.45, 2.75) is 6.54 Å². The van der Waals surface area contributed by atoms with Crippen LogP contribution in [0.3, 0.4) is 0 Å². The molecule has 0 amide bonds. The number of hydrogen-bond acceptors (Lipinski definition) is 4. The van der Waals surface area contributed by atoms with Gasteiger partial charge in [-0.3, -0.25) is 10.1 Å². The van der Waals surface area contributed by atoms with Crippen molar-refractivity contribution >= 4 is 17.1 Å². The van der Waals surface area contributed by atoms with E-state index in [4.69, 9.17) is 5.73 Å². The van der Waals surface area contributed by atoms with Crippen LogP contribution >= 0.6 is 0 Å². The number of nitrogens with two attached hydrogens (primary N) is 1. The molecule has 0 fully saturated rings. The van der Waals surface area contributed by atoms with E-state index < -0.39 is 4.92 Å². The van der Waals surface area contributed by atoms with Crippen molar-refractivity contribution in [2.24, 2.45) is 0 Å². The van der Waals surface area contributed by atoms with Gasteiger partial charge in [0.25, 0.3) is 5.69 Å². The quantitative estimate of drug-likeness (QED) is 0.491. The normalized spacial score (nSPS) is 10.0. The molecule has 0 bridgehead atoms. The second kappa shape index (κ2) is 5.18. The summed E-state index contributed by atoms with van der Waals surface area (Å²) in [7, 11) is 0. The molecule has 0 saturated carbocycles. The minimum absolute atomic E-state index is 0.0908. The predicted molar refractivity (Wildman–Crippen MR) is 71.3 cm³/mol. The van der Waals surface area contributed by atoms with Gasteiger partial charge in [0, 0.05) is 30.1 Å². The van der Waals surface area contributed by atoms with Crippen molar-refractivity contribution in [1.29, 1.82) is 0 Å². The van der Waals surface area contributed by atoms with Crippen molar-refractivity contribution in [2.75, 3.05) is 11.1 Å². The van der Waals surface area contributed by atoms with E-state index in [-0.39, 0.29) is 5.69 Å². The molecule has 2 rings (SSSR count). The average molecular weight is 243 g/mol. The van der Waals surface area contributed by atoms with Gasteiger partial charge < -0.3 is 11.1 Å². The first-order valence-electron chi connectivity index (χ1n) is 5.48. The Balaban J connectivity index is 1.97. The fraction of sp³-hybridized carbons (Fsp3) is 0.0769. The van der Waals surface area contributed by atoms with Crippen LogP contribution in [0.15, 0.2) is 48.5 Å². The van der Waals surface area contributed by atoms with E-state index >= 15 is 0 Å². The third-order valence-corrected chi connectivity index (χ3v) is 2.55. The predicted octanol–water partition coefficient (Wildman–Crippen LogP) is 2.79. The Hall–Kier alpha value is -2.56. The third kappa shape index (κ3) is 2.98. The Morgan fingerprint density at radius 1 is 1.06 bits per heavy atom. The van der Waals surface area contributed by atoms with Gasteiger partial charge in [-0.15, -0.1) is 0 Å². The Labute approximate surface area is 104 Å². The lowest BCUT2D eigenvalue weighted by molar-refractivity contribution is -0.384. The first-order valence-corrected chi connectivity index (χ1v) is 5.48. The zero-order valence-electron chi connectivity index (χ0n) is 9.67. The molecule has 0 aliphatic carbocycles. The van der Waals surface area contributed by atoms with Crippen LogP contribution in [-0.4, -0.2) is 4.92 Å². The summed E-state index contributed by atoms with van der Waals surface area (Å²) in [4.78, 5) is 10.1. The minimum Gasteiger partial charge on any atom is -0.399 e. The Bertz CT molecular complexity index is 535. The van der Waals surface area contributed by atoms with E-state index in [1.54, 1.807) is 12.1 Å². The third-order valence-electron chi connectivity index (χ3n) is 2.55. The zero-order chi connectivity index (χ0) is 13.0. The highest BCUT2D eigenvalue weighted by Gasteiger charge is 2.03. The molecule has 0 aliphatic heterocycles. The fourth-order valence-corrected chi connectivity index (χ4v) is 1.54. The molecule has 5 heteroatoms. The number of nitrogens with one attached hydrogen (secondary N) is 1. The molecule has 5 nitrogen and oxygen atoms in total. The molecule has 0 heterocycles. The molecule has 18 heavy (non-hydrogen) atoms. The number of nitro groups is 1. The largest absolute Gasteiger partial charge is 0.399 e. The molecule has 92 valence electrons. The lowest BCUT2D eigenvalue weighted by atomic mass is 10.2. The topological polar surface area (TPSA) is 81.2 Å².